The zero-order valence-electron chi connectivity index (χ0n) is 7.26. The van der Waals surface area contributed by atoms with Gasteiger partial charge < -0.3 is 10.7 Å². The highest BCUT2D eigenvalue weighted by atomic mass is 16.1. The lowest BCUT2D eigenvalue weighted by Crippen LogP contribution is -2.17. The lowest BCUT2D eigenvalue weighted by Gasteiger charge is -2.06. The predicted molar refractivity (Wildman–Crippen MR) is 48.3 cm³/mol. The van der Waals surface area contributed by atoms with Gasteiger partial charge in [0.1, 0.15) is 0 Å². The smallest absolute Gasteiger partial charge is 0.153 e. The van der Waals surface area contributed by atoms with Crippen molar-refractivity contribution < 1.29 is 4.79 Å². The van der Waals surface area contributed by atoms with Gasteiger partial charge in [-0.05, 0) is 18.3 Å². The third kappa shape index (κ3) is 2.49. The molecule has 0 aliphatic heterocycles. The summed E-state index contributed by atoms with van der Waals surface area (Å²) < 4.78 is 0. The van der Waals surface area contributed by atoms with E-state index < -0.39 is 0 Å². The second kappa shape index (κ2) is 3.52. The number of hydrogen-bond donors (Lipinski definition) is 2. The van der Waals surface area contributed by atoms with E-state index >= 15 is 0 Å². The van der Waals surface area contributed by atoms with E-state index in [9.17, 15) is 4.79 Å². The number of rotatable bonds is 5. The minimum absolute atomic E-state index is 0.388. The van der Waals surface area contributed by atoms with Gasteiger partial charge >= 0.3 is 0 Å². The van der Waals surface area contributed by atoms with Crippen LogP contribution in [-0.2, 0) is 4.79 Å². The predicted octanol–water partition coefficient (Wildman–Crippen LogP) is 1.11. The van der Waals surface area contributed by atoms with Gasteiger partial charge in [0, 0.05) is 24.5 Å². The fourth-order valence-electron chi connectivity index (χ4n) is 0.915. The molecule has 0 spiro atoms. The normalized spacial score (nSPS) is 19.9. The molecule has 1 aliphatic carbocycles. The van der Waals surface area contributed by atoms with Crippen molar-refractivity contribution in [1.82, 2.24) is 5.32 Å². The van der Waals surface area contributed by atoms with Crippen molar-refractivity contribution in [2.45, 2.75) is 19.8 Å². The molecule has 0 heterocycles. The molecule has 0 unspecified atom stereocenters. The molecule has 0 saturated heterocycles. The third-order valence-electron chi connectivity index (χ3n) is 2.20. The zero-order valence-corrected chi connectivity index (χ0v) is 7.26. The van der Waals surface area contributed by atoms with Crippen LogP contribution < -0.4 is 5.32 Å². The van der Waals surface area contributed by atoms with E-state index in [-0.39, 0.29) is 0 Å². The molecule has 1 saturated carbocycles. The molecule has 0 amide bonds. The van der Waals surface area contributed by atoms with E-state index in [0.717, 1.165) is 12.8 Å². The van der Waals surface area contributed by atoms with Crippen LogP contribution in [0.2, 0.25) is 0 Å². The van der Waals surface area contributed by atoms with Crippen molar-refractivity contribution in [1.29, 1.82) is 5.41 Å². The molecule has 66 valence electrons. The molecule has 3 nitrogen and oxygen atoms in total. The second-order valence-corrected chi connectivity index (χ2v) is 3.60. The summed E-state index contributed by atoms with van der Waals surface area (Å²) in [6.07, 6.45) is 5.84. The maximum absolute atomic E-state index is 10.2. The molecular weight excluding hydrogens is 152 g/mol. The molecule has 1 rings (SSSR count). The average Bonchev–Trinajstić information content (AvgIpc) is 2.78. The van der Waals surface area contributed by atoms with Gasteiger partial charge in [-0.1, -0.05) is 6.92 Å². The van der Waals surface area contributed by atoms with Crippen LogP contribution in [0.15, 0.2) is 11.8 Å². The summed E-state index contributed by atoms with van der Waals surface area (Å²) in [7, 11) is 0. The van der Waals surface area contributed by atoms with Crippen LogP contribution >= 0.6 is 0 Å². The van der Waals surface area contributed by atoms with E-state index in [0.29, 0.717) is 17.3 Å². The Hall–Kier alpha value is -1.12. The van der Waals surface area contributed by atoms with Gasteiger partial charge in [-0.3, -0.25) is 4.79 Å². The van der Waals surface area contributed by atoms with Crippen LogP contribution in [0.25, 0.3) is 0 Å². The van der Waals surface area contributed by atoms with Crippen LogP contribution in [0.3, 0.4) is 0 Å². The second-order valence-electron chi connectivity index (χ2n) is 3.60. The standard InChI is InChI=1S/C9H14N2O/c1-9(2-3-9)7-11-5-8(4-10)6-12/h4-6,10-11H,2-3,7H2,1H3/b8-5+,10-4?. The van der Waals surface area contributed by atoms with Crippen molar-refractivity contribution in [2.24, 2.45) is 5.41 Å². The molecule has 1 aliphatic rings. The van der Waals surface area contributed by atoms with Crippen molar-refractivity contribution in [3.63, 3.8) is 0 Å². The summed E-state index contributed by atoms with van der Waals surface area (Å²) in [5, 5.41) is 9.89. The first-order chi connectivity index (χ1) is 5.70. The van der Waals surface area contributed by atoms with Crippen LogP contribution in [-0.4, -0.2) is 19.0 Å². The van der Waals surface area contributed by atoms with Gasteiger partial charge in [0.25, 0.3) is 0 Å². The maximum atomic E-state index is 10.2. The summed E-state index contributed by atoms with van der Waals surface area (Å²) in [6.45, 7) is 3.11. The minimum atomic E-state index is 0.388. The van der Waals surface area contributed by atoms with E-state index in [4.69, 9.17) is 5.41 Å². The van der Waals surface area contributed by atoms with Gasteiger partial charge in [-0.2, -0.15) is 0 Å². The first kappa shape index (κ1) is 8.97. The van der Waals surface area contributed by atoms with Crippen molar-refractivity contribution in [3.05, 3.63) is 11.8 Å². The van der Waals surface area contributed by atoms with Crippen molar-refractivity contribution in [2.75, 3.05) is 6.54 Å². The molecule has 0 radical (unpaired) electrons. The molecule has 0 aromatic carbocycles. The highest BCUT2D eigenvalue weighted by Gasteiger charge is 2.36. The lowest BCUT2D eigenvalue weighted by atomic mass is 10.1. The molecule has 0 atom stereocenters. The Labute approximate surface area is 72.4 Å². The summed E-state index contributed by atoms with van der Waals surface area (Å²) in [4.78, 5) is 10.2. The van der Waals surface area contributed by atoms with Gasteiger partial charge in [0.2, 0.25) is 0 Å². The first-order valence-electron chi connectivity index (χ1n) is 4.09. The van der Waals surface area contributed by atoms with Crippen molar-refractivity contribution in [3.8, 4) is 0 Å². The third-order valence-corrected chi connectivity index (χ3v) is 2.20. The number of nitrogens with one attached hydrogen (secondary N) is 2. The Bertz CT molecular complexity index is 207. The van der Waals surface area contributed by atoms with E-state index in [1.165, 1.54) is 12.8 Å². The van der Waals surface area contributed by atoms with Gasteiger partial charge in [0.15, 0.2) is 6.29 Å². The fraction of sp³-hybridized carbons (Fsp3) is 0.556. The Morgan fingerprint density at radius 2 is 2.33 bits per heavy atom. The molecule has 1 fully saturated rings. The topological polar surface area (TPSA) is 53.0 Å². The largest absolute Gasteiger partial charge is 0.390 e. The Kier molecular flexibility index (Phi) is 2.63. The van der Waals surface area contributed by atoms with Crippen LogP contribution in [0.4, 0.5) is 0 Å². The monoisotopic (exact) mass is 166 g/mol. The molecule has 0 aromatic heterocycles. The maximum Gasteiger partial charge on any atom is 0.153 e. The van der Waals surface area contributed by atoms with Gasteiger partial charge in [-0.25, -0.2) is 0 Å². The van der Waals surface area contributed by atoms with Crippen LogP contribution in [0.5, 0.6) is 0 Å². The summed E-state index contributed by atoms with van der Waals surface area (Å²) in [5.41, 5.74) is 0.825. The van der Waals surface area contributed by atoms with E-state index in [2.05, 4.69) is 12.2 Å². The lowest BCUT2D eigenvalue weighted by molar-refractivity contribution is -0.104. The molecule has 3 heteroatoms. The summed E-state index contributed by atoms with van der Waals surface area (Å²) in [6, 6.07) is 0. The van der Waals surface area contributed by atoms with E-state index in [1.54, 1.807) is 6.20 Å². The average molecular weight is 166 g/mol. The Morgan fingerprint density at radius 1 is 1.67 bits per heavy atom. The van der Waals surface area contributed by atoms with E-state index in [1.807, 2.05) is 0 Å². The molecule has 0 bridgehead atoms. The van der Waals surface area contributed by atoms with Gasteiger partial charge in [-0.15, -0.1) is 0 Å². The Morgan fingerprint density at radius 3 is 2.75 bits per heavy atom. The SMILES string of the molecule is CC1(CN/C=C(\C=N)C=O)CC1. The van der Waals surface area contributed by atoms with Crippen LogP contribution in [0.1, 0.15) is 19.8 Å². The minimum Gasteiger partial charge on any atom is -0.390 e. The number of allylic oxidation sites excluding steroid dienone is 1. The van der Waals surface area contributed by atoms with Crippen LogP contribution in [0, 0.1) is 10.8 Å². The molecule has 2 N–H and O–H groups in total. The number of hydrogen-bond acceptors (Lipinski definition) is 3. The highest BCUT2D eigenvalue weighted by Crippen LogP contribution is 2.43. The zero-order chi connectivity index (χ0) is 9.03. The summed E-state index contributed by atoms with van der Waals surface area (Å²) in [5.74, 6) is 0. The fourth-order valence-corrected chi connectivity index (χ4v) is 0.915. The number of carbonyl (C=O) groups excluding carboxylic acids is 1. The molecular formula is C9H14N2O. The quantitative estimate of drug-likeness (QED) is 0.365. The van der Waals surface area contributed by atoms with Crippen molar-refractivity contribution >= 4 is 12.5 Å². The number of carbonyl (C=O) groups is 1. The Balaban J connectivity index is 2.27. The number of aldehydes is 1. The molecule has 0 aromatic rings. The first-order valence-corrected chi connectivity index (χ1v) is 4.09. The summed E-state index contributed by atoms with van der Waals surface area (Å²) >= 11 is 0. The van der Waals surface area contributed by atoms with Gasteiger partial charge in [0.05, 0.1) is 0 Å². The highest BCUT2D eigenvalue weighted by molar-refractivity contribution is 6.00. The molecule has 12 heavy (non-hydrogen) atoms.